The summed E-state index contributed by atoms with van der Waals surface area (Å²) in [6.45, 7) is 8.61. The van der Waals surface area contributed by atoms with Crippen molar-refractivity contribution < 1.29 is 13.9 Å². The van der Waals surface area contributed by atoms with Crippen LogP contribution in [0.15, 0.2) is 51.7 Å². The molecule has 0 spiro atoms. The third-order valence-corrected chi connectivity index (χ3v) is 7.51. The minimum Gasteiger partial charge on any atom is -0.494 e. The van der Waals surface area contributed by atoms with Crippen LogP contribution in [0.4, 0.5) is 5.13 Å². The molecule has 0 fully saturated rings. The number of carbonyl (C=O) groups excluding carboxylic acids is 1. The summed E-state index contributed by atoms with van der Waals surface area (Å²) in [5.74, 6) is 0.440. The highest BCUT2D eigenvalue weighted by molar-refractivity contribution is 7.15. The van der Waals surface area contributed by atoms with Gasteiger partial charge in [0.15, 0.2) is 10.6 Å². The number of fused-ring (bicyclic) bond motifs is 2. The van der Waals surface area contributed by atoms with Crippen molar-refractivity contribution in [3.63, 3.8) is 0 Å². The van der Waals surface area contributed by atoms with Gasteiger partial charge in [-0.25, -0.2) is 4.98 Å². The highest BCUT2D eigenvalue weighted by atomic mass is 32.1. The van der Waals surface area contributed by atoms with Crippen LogP contribution in [0, 0.1) is 20.8 Å². The van der Waals surface area contributed by atoms with Crippen molar-refractivity contribution in [2.24, 2.45) is 0 Å². The molecule has 180 valence electrons. The topological polar surface area (TPSA) is 72.6 Å². The lowest BCUT2D eigenvalue weighted by atomic mass is 9.98. The predicted octanol–water partition coefficient (Wildman–Crippen LogP) is 6.49. The normalized spacial score (nSPS) is 15.1. The van der Waals surface area contributed by atoms with Gasteiger partial charge in [-0.15, -0.1) is 11.3 Å². The summed E-state index contributed by atoms with van der Waals surface area (Å²) < 4.78 is 12.1. The standard InChI is InChI=1S/C28H28N2O4S/c1-5-6-7-13-33-20-10-8-9-19(15-20)24-23-25(31)21-14-16(2)11-12-22(21)34-26(23)27(32)30(24)28-29-17(3)18(4)35-28/h8-12,14-15,24H,5-7,13H2,1-4H3. The molecular formula is C28H28N2O4S. The van der Waals surface area contributed by atoms with Crippen molar-refractivity contribution in [1.82, 2.24) is 4.98 Å². The maximum atomic E-state index is 13.8. The predicted molar refractivity (Wildman–Crippen MR) is 139 cm³/mol. The minimum atomic E-state index is -0.650. The van der Waals surface area contributed by atoms with Crippen molar-refractivity contribution >= 4 is 33.3 Å². The number of hydrogen-bond acceptors (Lipinski definition) is 6. The number of benzene rings is 2. The second-order valence-electron chi connectivity index (χ2n) is 9.02. The van der Waals surface area contributed by atoms with E-state index in [1.165, 1.54) is 11.3 Å². The van der Waals surface area contributed by atoms with Crippen LogP contribution in [-0.4, -0.2) is 17.5 Å². The SMILES string of the molecule is CCCCCOc1cccc(C2c3c(oc4ccc(C)cc4c3=O)C(=O)N2c2nc(C)c(C)s2)c1. The van der Waals surface area contributed by atoms with Gasteiger partial charge in [0.2, 0.25) is 5.76 Å². The Morgan fingerprint density at radius 3 is 2.66 bits per heavy atom. The van der Waals surface area contributed by atoms with Crippen LogP contribution in [0.5, 0.6) is 5.75 Å². The molecule has 4 aromatic rings. The van der Waals surface area contributed by atoms with Crippen molar-refractivity contribution in [3.8, 4) is 5.75 Å². The number of rotatable bonds is 7. The number of aromatic nitrogens is 1. The highest BCUT2D eigenvalue weighted by Gasteiger charge is 2.45. The van der Waals surface area contributed by atoms with Crippen molar-refractivity contribution in [2.45, 2.75) is 53.0 Å². The molecule has 1 amide bonds. The summed E-state index contributed by atoms with van der Waals surface area (Å²) in [6.07, 6.45) is 3.20. The molecule has 3 heterocycles. The average molecular weight is 489 g/mol. The third-order valence-electron chi connectivity index (χ3n) is 6.44. The molecule has 35 heavy (non-hydrogen) atoms. The van der Waals surface area contributed by atoms with Gasteiger partial charge < -0.3 is 9.15 Å². The zero-order valence-electron chi connectivity index (χ0n) is 20.4. The molecule has 0 saturated carbocycles. The molecule has 0 N–H and O–H groups in total. The lowest BCUT2D eigenvalue weighted by Gasteiger charge is -2.23. The van der Waals surface area contributed by atoms with Gasteiger partial charge in [-0.2, -0.15) is 0 Å². The van der Waals surface area contributed by atoms with E-state index >= 15 is 0 Å². The molecule has 0 saturated heterocycles. The van der Waals surface area contributed by atoms with E-state index in [4.69, 9.17) is 9.15 Å². The van der Waals surface area contributed by atoms with Gasteiger partial charge in [-0.05, 0) is 57.0 Å². The summed E-state index contributed by atoms with van der Waals surface area (Å²) in [5.41, 5.74) is 3.17. The van der Waals surface area contributed by atoms with Crippen LogP contribution < -0.4 is 15.1 Å². The molecule has 1 aliphatic heterocycles. The Kier molecular flexibility index (Phi) is 6.19. The summed E-state index contributed by atoms with van der Waals surface area (Å²) >= 11 is 1.44. The number of amides is 1. The number of nitrogens with zero attached hydrogens (tertiary/aromatic N) is 2. The summed E-state index contributed by atoms with van der Waals surface area (Å²) in [4.78, 5) is 34.8. The number of ether oxygens (including phenoxy) is 1. The quantitative estimate of drug-likeness (QED) is 0.278. The zero-order valence-corrected chi connectivity index (χ0v) is 21.2. The van der Waals surface area contributed by atoms with Gasteiger partial charge in [0.25, 0.3) is 5.91 Å². The first-order valence-electron chi connectivity index (χ1n) is 12.0. The molecule has 6 nitrogen and oxygen atoms in total. The van der Waals surface area contributed by atoms with Crippen LogP contribution in [-0.2, 0) is 0 Å². The smallest absolute Gasteiger partial charge is 0.297 e. The van der Waals surface area contributed by atoms with Crippen LogP contribution in [0.25, 0.3) is 11.0 Å². The maximum absolute atomic E-state index is 13.8. The Bertz CT molecular complexity index is 1470. The molecule has 1 aliphatic rings. The first kappa shape index (κ1) is 23.3. The van der Waals surface area contributed by atoms with Crippen LogP contribution >= 0.6 is 11.3 Å². The van der Waals surface area contributed by atoms with Crippen molar-refractivity contribution in [1.29, 1.82) is 0 Å². The van der Waals surface area contributed by atoms with E-state index in [1.807, 2.05) is 57.2 Å². The number of thiazole rings is 1. The first-order valence-corrected chi connectivity index (χ1v) is 12.8. The summed E-state index contributed by atoms with van der Waals surface area (Å²) in [5, 5.41) is 1.03. The molecule has 2 aromatic heterocycles. The van der Waals surface area contributed by atoms with Gasteiger partial charge in [-0.1, -0.05) is 43.5 Å². The molecule has 5 rings (SSSR count). The van der Waals surface area contributed by atoms with Crippen LogP contribution in [0.2, 0.25) is 0 Å². The van der Waals surface area contributed by atoms with E-state index in [0.29, 0.717) is 34.0 Å². The Balaban J connectivity index is 1.68. The number of carbonyl (C=O) groups is 1. The van der Waals surface area contributed by atoms with E-state index in [-0.39, 0.29) is 17.1 Å². The van der Waals surface area contributed by atoms with Crippen molar-refractivity contribution in [3.05, 3.63) is 85.7 Å². The van der Waals surface area contributed by atoms with Gasteiger partial charge >= 0.3 is 0 Å². The molecule has 0 radical (unpaired) electrons. The Hall–Kier alpha value is -3.45. The van der Waals surface area contributed by atoms with E-state index in [0.717, 1.165) is 41.0 Å². The molecule has 0 aliphatic carbocycles. The Labute approximate surface area is 208 Å². The van der Waals surface area contributed by atoms with Crippen LogP contribution in [0.3, 0.4) is 0 Å². The van der Waals surface area contributed by atoms with E-state index in [9.17, 15) is 9.59 Å². The van der Waals surface area contributed by atoms with Gasteiger partial charge in [0.1, 0.15) is 11.3 Å². The zero-order chi connectivity index (χ0) is 24.7. The fourth-order valence-corrected chi connectivity index (χ4v) is 5.41. The third kappa shape index (κ3) is 4.14. The lowest BCUT2D eigenvalue weighted by Crippen LogP contribution is -2.29. The van der Waals surface area contributed by atoms with Gasteiger partial charge in [0.05, 0.1) is 29.3 Å². The summed E-state index contributed by atoms with van der Waals surface area (Å²) in [7, 11) is 0. The number of hydrogen-bond donors (Lipinski definition) is 0. The second kappa shape index (κ2) is 9.30. The Morgan fingerprint density at radius 1 is 1.09 bits per heavy atom. The highest BCUT2D eigenvalue weighted by Crippen LogP contribution is 2.43. The van der Waals surface area contributed by atoms with Crippen molar-refractivity contribution in [2.75, 3.05) is 11.5 Å². The van der Waals surface area contributed by atoms with Gasteiger partial charge in [0, 0.05) is 4.88 Å². The number of unbranched alkanes of at least 4 members (excludes halogenated alkanes) is 2. The lowest BCUT2D eigenvalue weighted by molar-refractivity contribution is 0.0971. The van der Waals surface area contributed by atoms with E-state index in [2.05, 4.69) is 11.9 Å². The van der Waals surface area contributed by atoms with Crippen LogP contribution in [0.1, 0.15) is 70.0 Å². The molecule has 7 heteroatoms. The fraction of sp³-hybridized carbons (Fsp3) is 0.321. The maximum Gasteiger partial charge on any atom is 0.297 e. The molecular weight excluding hydrogens is 460 g/mol. The monoisotopic (exact) mass is 488 g/mol. The van der Waals surface area contributed by atoms with E-state index in [1.54, 1.807) is 11.0 Å². The number of anilines is 1. The molecule has 1 unspecified atom stereocenters. The largest absolute Gasteiger partial charge is 0.494 e. The average Bonchev–Trinajstić information content (AvgIpc) is 3.33. The number of aryl methyl sites for hydroxylation is 3. The molecule has 2 aromatic carbocycles. The summed E-state index contributed by atoms with van der Waals surface area (Å²) in [6, 6.07) is 12.4. The first-order chi connectivity index (χ1) is 16.9. The van der Waals surface area contributed by atoms with E-state index < -0.39 is 6.04 Å². The Morgan fingerprint density at radius 2 is 1.91 bits per heavy atom. The minimum absolute atomic E-state index is 0.0797. The molecule has 1 atom stereocenters. The second-order valence-corrected chi connectivity index (χ2v) is 10.2. The fourth-order valence-electron chi connectivity index (χ4n) is 4.47. The van der Waals surface area contributed by atoms with Gasteiger partial charge in [-0.3, -0.25) is 14.5 Å². The molecule has 0 bridgehead atoms.